The smallest absolute Gasteiger partial charge is 0.411 e. The highest BCUT2D eigenvalue weighted by atomic mass is 32.3. The molecule has 1 aliphatic heterocycles. The van der Waals surface area contributed by atoms with E-state index in [1.54, 1.807) is 24.3 Å². The van der Waals surface area contributed by atoms with E-state index in [0.29, 0.717) is 60.6 Å². The van der Waals surface area contributed by atoms with E-state index in [0.717, 1.165) is 6.21 Å². The Labute approximate surface area is 183 Å². The molecule has 5 N–H and O–H groups in total. The first-order valence-corrected chi connectivity index (χ1v) is 11.6. The van der Waals surface area contributed by atoms with Gasteiger partial charge in [0.05, 0.1) is 31.6 Å². The Bertz CT molecular complexity index is 935. The Morgan fingerprint density at radius 2 is 2.00 bits per heavy atom. The minimum absolute atomic E-state index is 0. The van der Waals surface area contributed by atoms with Gasteiger partial charge < -0.3 is 25.1 Å². The van der Waals surface area contributed by atoms with Crippen LogP contribution in [0.2, 0.25) is 0 Å². The molecule has 1 saturated heterocycles. The minimum Gasteiger partial charge on any atom is -0.453 e. The molecular formula is C19H28N6O5S. The van der Waals surface area contributed by atoms with Crippen LogP contribution in [0.4, 0.5) is 22.2 Å². The fraction of sp³-hybridized carbons (Fsp3) is 0.368. The lowest BCUT2D eigenvalue weighted by Crippen LogP contribution is -2.37. The number of aromatic nitrogens is 2. The molecule has 0 unspecified atom stereocenters. The van der Waals surface area contributed by atoms with Gasteiger partial charge in [0.15, 0.2) is 0 Å². The lowest BCUT2D eigenvalue weighted by Gasteiger charge is -2.29. The van der Waals surface area contributed by atoms with Crippen LogP contribution in [0.5, 0.6) is 0 Å². The molecule has 2 heterocycles. The summed E-state index contributed by atoms with van der Waals surface area (Å²) in [5.41, 5.74) is 2.17. The molecule has 2 aromatic rings. The maximum absolute atomic E-state index is 11.4. The van der Waals surface area contributed by atoms with Gasteiger partial charge in [0.1, 0.15) is 11.7 Å². The summed E-state index contributed by atoms with van der Waals surface area (Å²) in [5.74, 6) is 0.685. The second kappa shape index (κ2) is 9.92. The van der Waals surface area contributed by atoms with E-state index in [1.165, 1.54) is 13.4 Å². The molecule has 0 spiro atoms. The van der Waals surface area contributed by atoms with Crippen molar-refractivity contribution in [2.24, 2.45) is 0 Å². The minimum atomic E-state index is -2.81. The van der Waals surface area contributed by atoms with Gasteiger partial charge in [0, 0.05) is 38.2 Å². The van der Waals surface area contributed by atoms with E-state index >= 15 is 0 Å². The number of rotatable bonds is 7. The molecule has 0 saturated carbocycles. The lowest BCUT2D eigenvalue weighted by atomic mass is 10.1. The van der Waals surface area contributed by atoms with Crippen molar-refractivity contribution in [3.05, 3.63) is 29.8 Å². The Morgan fingerprint density at radius 3 is 2.58 bits per heavy atom. The molecule has 1 aliphatic rings. The summed E-state index contributed by atoms with van der Waals surface area (Å²) in [5, 5.41) is 13.4. The normalized spacial score (nSPS) is 14.6. The Hall–Kier alpha value is -2.93. The van der Waals surface area contributed by atoms with Crippen LogP contribution >= 0.6 is 10.6 Å². The van der Waals surface area contributed by atoms with Crippen LogP contribution in [0.25, 0.3) is 11.3 Å². The predicted molar refractivity (Wildman–Crippen MR) is 124 cm³/mol. The summed E-state index contributed by atoms with van der Waals surface area (Å²) in [6, 6.07) is 6.93. The van der Waals surface area contributed by atoms with Crippen molar-refractivity contribution < 1.29 is 24.8 Å². The molecule has 3 rings (SSSR count). The van der Waals surface area contributed by atoms with Gasteiger partial charge in [-0.05, 0) is 12.1 Å². The summed E-state index contributed by atoms with van der Waals surface area (Å²) in [4.78, 5) is 22.6. The molecule has 170 valence electrons. The SMILES string of the molecule is COC(=O)Nc1ccc(-c2nc(N3CCOCC3)nc(NCS(C)(O)O)c2C=N)cc1.[HH]. The number of carbonyl (C=O) groups is 1. The van der Waals surface area contributed by atoms with Crippen LogP contribution in [-0.2, 0) is 9.47 Å². The summed E-state index contributed by atoms with van der Waals surface area (Å²) in [6.45, 7) is 2.34. The van der Waals surface area contributed by atoms with Crippen LogP contribution in [0.1, 0.15) is 6.99 Å². The second-order valence-electron chi connectivity index (χ2n) is 6.89. The highest BCUT2D eigenvalue weighted by molar-refractivity contribution is 8.23. The van der Waals surface area contributed by atoms with Crippen molar-refractivity contribution in [2.75, 3.05) is 61.1 Å². The number of carbonyl (C=O) groups excluding carboxylic acids is 1. The number of nitrogens with zero attached hydrogens (tertiary/aromatic N) is 3. The molecule has 1 aromatic carbocycles. The van der Waals surface area contributed by atoms with E-state index in [-0.39, 0.29) is 7.30 Å². The van der Waals surface area contributed by atoms with E-state index in [9.17, 15) is 13.9 Å². The molecule has 0 bridgehead atoms. The molecular weight excluding hydrogens is 424 g/mol. The monoisotopic (exact) mass is 452 g/mol. The highest BCUT2D eigenvalue weighted by Gasteiger charge is 2.21. The third kappa shape index (κ3) is 6.04. The zero-order valence-corrected chi connectivity index (χ0v) is 18.1. The summed E-state index contributed by atoms with van der Waals surface area (Å²) in [7, 11) is -1.53. The van der Waals surface area contributed by atoms with E-state index in [4.69, 9.17) is 10.1 Å². The zero-order chi connectivity index (χ0) is 22.4. The van der Waals surface area contributed by atoms with E-state index < -0.39 is 16.7 Å². The molecule has 1 fully saturated rings. The number of methoxy groups -OCH3 is 1. The maximum Gasteiger partial charge on any atom is 0.411 e. The van der Waals surface area contributed by atoms with Gasteiger partial charge in [0.25, 0.3) is 0 Å². The van der Waals surface area contributed by atoms with Crippen molar-refractivity contribution in [3.8, 4) is 11.3 Å². The first kappa shape index (κ1) is 22.7. The standard InChI is InChI=1S/C19H26N6O5S.H2/c1-29-19(26)22-14-5-3-13(4-6-14)16-15(11-20)17(21-12-31(2,27)28)24-18(23-16)25-7-9-30-10-8-25;/h3-6,11,20,27-28H,7-10,12H2,1-2H3,(H,22,26)(H,21,23,24);1H. The van der Waals surface area contributed by atoms with Gasteiger partial charge in [-0.1, -0.05) is 12.1 Å². The van der Waals surface area contributed by atoms with Gasteiger partial charge in [-0.2, -0.15) is 15.6 Å². The molecule has 0 radical (unpaired) electrons. The van der Waals surface area contributed by atoms with E-state index in [2.05, 4.69) is 25.3 Å². The Kier molecular flexibility index (Phi) is 7.28. The van der Waals surface area contributed by atoms with Crippen molar-refractivity contribution in [1.82, 2.24) is 9.97 Å². The van der Waals surface area contributed by atoms with Crippen LogP contribution in [0, 0.1) is 5.41 Å². The topological polar surface area (TPSA) is 153 Å². The Morgan fingerprint density at radius 1 is 1.32 bits per heavy atom. The average Bonchev–Trinajstić information content (AvgIpc) is 2.77. The first-order chi connectivity index (χ1) is 14.8. The first-order valence-electron chi connectivity index (χ1n) is 9.46. The molecule has 1 aromatic heterocycles. The Balaban J connectivity index is 0.00000363. The average molecular weight is 453 g/mol. The molecule has 11 nitrogen and oxygen atoms in total. The van der Waals surface area contributed by atoms with E-state index in [1.807, 2.05) is 4.90 Å². The molecule has 1 amide bonds. The van der Waals surface area contributed by atoms with Gasteiger partial charge in [-0.15, -0.1) is 0 Å². The van der Waals surface area contributed by atoms with Gasteiger partial charge in [-0.3, -0.25) is 14.4 Å². The van der Waals surface area contributed by atoms with Crippen LogP contribution in [-0.4, -0.2) is 76.9 Å². The summed E-state index contributed by atoms with van der Waals surface area (Å²) >= 11 is 0. The number of benzene rings is 1. The van der Waals surface area contributed by atoms with Crippen molar-refractivity contribution >= 4 is 40.4 Å². The quantitative estimate of drug-likeness (QED) is 0.399. The fourth-order valence-corrected chi connectivity index (χ4v) is 3.35. The van der Waals surface area contributed by atoms with Crippen LogP contribution in [0.3, 0.4) is 0 Å². The number of morpholine rings is 1. The number of ether oxygens (including phenoxy) is 2. The van der Waals surface area contributed by atoms with Crippen molar-refractivity contribution in [3.63, 3.8) is 0 Å². The van der Waals surface area contributed by atoms with Gasteiger partial charge in [-0.25, -0.2) is 9.78 Å². The maximum atomic E-state index is 11.4. The number of anilines is 3. The fourth-order valence-electron chi connectivity index (χ4n) is 2.94. The van der Waals surface area contributed by atoms with Crippen molar-refractivity contribution in [1.29, 1.82) is 5.41 Å². The lowest BCUT2D eigenvalue weighted by molar-refractivity contribution is 0.122. The second-order valence-corrected chi connectivity index (χ2v) is 9.16. The summed E-state index contributed by atoms with van der Waals surface area (Å²) in [6.07, 6.45) is 1.89. The largest absolute Gasteiger partial charge is 0.453 e. The van der Waals surface area contributed by atoms with Gasteiger partial charge in [0.2, 0.25) is 5.95 Å². The highest BCUT2D eigenvalue weighted by Crippen LogP contribution is 2.34. The van der Waals surface area contributed by atoms with Gasteiger partial charge >= 0.3 is 6.09 Å². The third-order valence-corrected chi connectivity index (χ3v) is 5.17. The zero-order valence-electron chi connectivity index (χ0n) is 17.3. The molecule has 12 heteroatoms. The van der Waals surface area contributed by atoms with Crippen LogP contribution < -0.4 is 15.5 Å². The number of amides is 1. The summed E-state index contributed by atoms with van der Waals surface area (Å²) < 4.78 is 29.5. The number of hydrogen-bond donors (Lipinski definition) is 5. The van der Waals surface area contributed by atoms with Crippen molar-refractivity contribution in [2.45, 2.75) is 0 Å². The number of nitrogens with one attached hydrogen (secondary N) is 3. The third-order valence-electron chi connectivity index (χ3n) is 4.48. The number of hydrogen-bond acceptors (Lipinski definition) is 10. The van der Waals surface area contributed by atoms with Crippen LogP contribution in [0.15, 0.2) is 24.3 Å². The predicted octanol–water partition coefficient (Wildman–Crippen LogP) is 3.15. The molecule has 0 atom stereocenters. The molecule has 31 heavy (non-hydrogen) atoms. The molecule has 0 aliphatic carbocycles.